The van der Waals surface area contributed by atoms with E-state index >= 15 is 0 Å². The summed E-state index contributed by atoms with van der Waals surface area (Å²) in [7, 11) is 0. The predicted molar refractivity (Wildman–Crippen MR) is 61.8 cm³/mol. The number of carbonyl (C=O) groups is 1. The summed E-state index contributed by atoms with van der Waals surface area (Å²) in [5, 5.41) is 0. The van der Waals surface area contributed by atoms with Crippen LogP contribution in [0.3, 0.4) is 0 Å². The molecule has 2 fully saturated rings. The molecular formula is C13H23NO. The third kappa shape index (κ3) is 2.10. The highest BCUT2D eigenvalue weighted by molar-refractivity contribution is 5.84. The van der Waals surface area contributed by atoms with Gasteiger partial charge in [0, 0.05) is 12.5 Å². The summed E-state index contributed by atoms with van der Waals surface area (Å²) in [5.41, 5.74) is 0. The van der Waals surface area contributed by atoms with Gasteiger partial charge in [0.25, 0.3) is 0 Å². The highest BCUT2D eigenvalue weighted by atomic mass is 16.1. The van der Waals surface area contributed by atoms with Crippen molar-refractivity contribution in [1.29, 1.82) is 0 Å². The minimum atomic E-state index is 0.272. The van der Waals surface area contributed by atoms with E-state index in [-0.39, 0.29) is 6.04 Å². The van der Waals surface area contributed by atoms with Crippen LogP contribution < -0.4 is 0 Å². The summed E-state index contributed by atoms with van der Waals surface area (Å²) in [4.78, 5) is 14.4. The topological polar surface area (TPSA) is 20.3 Å². The first kappa shape index (κ1) is 11.1. The second-order valence-corrected chi connectivity index (χ2v) is 5.21. The Labute approximate surface area is 93.0 Å². The first-order valence-corrected chi connectivity index (χ1v) is 6.52. The fourth-order valence-electron chi connectivity index (χ4n) is 3.38. The molecule has 3 atom stereocenters. The van der Waals surface area contributed by atoms with E-state index in [2.05, 4.69) is 18.7 Å². The number of rotatable bonds is 2. The summed E-state index contributed by atoms with van der Waals surface area (Å²) >= 11 is 0. The van der Waals surface area contributed by atoms with Crippen LogP contribution in [0.25, 0.3) is 0 Å². The molecule has 86 valence electrons. The highest BCUT2D eigenvalue weighted by Gasteiger charge is 2.37. The summed E-state index contributed by atoms with van der Waals surface area (Å²) in [6, 6.07) is 0.936. The van der Waals surface area contributed by atoms with E-state index in [1.165, 1.54) is 19.3 Å². The molecule has 2 rings (SSSR count). The van der Waals surface area contributed by atoms with E-state index in [9.17, 15) is 4.79 Å². The molecule has 1 saturated carbocycles. The Balaban J connectivity index is 2.05. The average Bonchev–Trinajstić information content (AvgIpc) is 2.60. The summed E-state index contributed by atoms with van der Waals surface area (Å²) in [6.07, 6.45) is 6.79. The number of hydrogen-bond acceptors (Lipinski definition) is 2. The molecular weight excluding hydrogens is 186 g/mol. The zero-order chi connectivity index (χ0) is 10.8. The lowest BCUT2D eigenvalue weighted by Gasteiger charge is -2.35. The van der Waals surface area contributed by atoms with E-state index in [0.29, 0.717) is 11.8 Å². The SMILES string of the molecule is CCC1C(C)CCN1C1CCCCC1=O. The van der Waals surface area contributed by atoms with Crippen molar-refractivity contribution in [2.75, 3.05) is 6.54 Å². The van der Waals surface area contributed by atoms with Crippen molar-refractivity contribution in [3.8, 4) is 0 Å². The van der Waals surface area contributed by atoms with Gasteiger partial charge in [-0.3, -0.25) is 9.69 Å². The van der Waals surface area contributed by atoms with Crippen molar-refractivity contribution < 1.29 is 4.79 Å². The highest BCUT2D eigenvalue weighted by Crippen LogP contribution is 2.32. The van der Waals surface area contributed by atoms with Crippen molar-refractivity contribution in [2.24, 2.45) is 5.92 Å². The molecule has 3 unspecified atom stereocenters. The minimum Gasteiger partial charge on any atom is -0.298 e. The third-order valence-electron chi connectivity index (χ3n) is 4.27. The van der Waals surface area contributed by atoms with Gasteiger partial charge in [0.05, 0.1) is 6.04 Å². The lowest BCUT2D eigenvalue weighted by atomic mass is 9.91. The molecule has 0 aromatic carbocycles. The fraction of sp³-hybridized carbons (Fsp3) is 0.923. The van der Waals surface area contributed by atoms with Gasteiger partial charge in [-0.1, -0.05) is 20.3 Å². The van der Waals surface area contributed by atoms with Crippen LogP contribution in [-0.2, 0) is 4.79 Å². The number of hydrogen-bond donors (Lipinski definition) is 0. The van der Waals surface area contributed by atoms with Crippen molar-refractivity contribution >= 4 is 5.78 Å². The van der Waals surface area contributed by atoms with Gasteiger partial charge >= 0.3 is 0 Å². The van der Waals surface area contributed by atoms with Crippen LogP contribution in [0.5, 0.6) is 0 Å². The standard InChI is InChI=1S/C13H23NO/c1-3-11-10(2)8-9-14(11)12-6-4-5-7-13(12)15/h10-12H,3-9H2,1-2H3. The van der Waals surface area contributed by atoms with E-state index < -0.39 is 0 Å². The van der Waals surface area contributed by atoms with Gasteiger partial charge in [-0.25, -0.2) is 0 Å². The molecule has 0 amide bonds. The quantitative estimate of drug-likeness (QED) is 0.697. The second-order valence-electron chi connectivity index (χ2n) is 5.21. The Hall–Kier alpha value is -0.370. The van der Waals surface area contributed by atoms with Gasteiger partial charge in [0.15, 0.2) is 0 Å². The molecule has 1 aliphatic carbocycles. The maximum Gasteiger partial charge on any atom is 0.149 e. The fourth-order valence-corrected chi connectivity index (χ4v) is 3.38. The van der Waals surface area contributed by atoms with Crippen LogP contribution in [0, 0.1) is 5.92 Å². The Morgan fingerprint density at radius 3 is 2.80 bits per heavy atom. The van der Waals surface area contributed by atoms with Crippen molar-refractivity contribution in [1.82, 2.24) is 4.90 Å². The summed E-state index contributed by atoms with van der Waals surface area (Å²) in [5.74, 6) is 1.29. The van der Waals surface area contributed by atoms with Crippen LogP contribution >= 0.6 is 0 Å². The van der Waals surface area contributed by atoms with E-state index in [0.717, 1.165) is 31.7 Å². The first-order chi connectivity index (χ1) is 7.24. The maximum atomic E-state index is 11.9. The normalized spacial score (nSPS) is 38.5. The van der Waals surface area contributed by atoms with Gasteiger partial charge in [0.1, 0.15) is 5.78 Å². The Morgan fingerprint density at radius 1 is 1.33 bits per heavy atom. The van der Waals surface area contributed by atoms with Crippen LogP contribution in [0.15, 0.2) is 0 Å². The molecule has 2 nitrogen and oxygen atoms in total. The van der Waals surface area contributed by atoms with Crippen LogP contribution in [0.4, 0.5) is 0 Å². The number of carbonyl (C=O) groups excluding carboxylic acids is 1. The Kier molecular flexibility index (Phi) is 3.45. The first-order valence-electron chi connectivity index (χ1n) is 6.52. The number of nitrogens with zero attached hydrogens (tertiary/aromatic N) is 1. The van der Waals surface area contributed by atoms with Gasteiger partial charge in [-0.2, -0.15) is 0 Å². The molecule has 0 spiro atoms. The molecule has 15 heavy (non-hydrogen) atoms. The molecule has 2 aliphatic rings. The molecule has 1 aliphatic heterocycles. The minimum absolute atomic E-state index is 0.272. The zero-order valence-corrected chi connectivity index (χ0v) is 10.0. The molecule has 1 saturated heterocycles. The molecule has 0 aromatic rings. The molecule has 0 radical (unpaired) electrons. The van der Waals surface area contributed by atoms with E-state index in [4.69, 9.17) is 0 Å². The number of ketones is 1. The smallest absolute Gasteiger partial charge is 0.149 e. The lowest BCUT2D eigenvalue weighted by Crippen LogP contribution is -2.46. The van der Waals surface area contributed by atoms with Gasteiger partial charge in [0.2, 0.25) is 0 Å². The van der Waals surface area contributed by atoms with E-state index in [1.54, 1.807) is 0 Å². The largest absolute Gasteiger partial charge is 0.298 e. The monoisotopic (exact) mass is 209 g/mol. The van der Waals surface area contributed by atoms with E-state index in [1.807, 2.05) is 0 Å². The Morgan fingerprint density at radius 2 is 2.13 bits per heavy atom. The molecule has 1 heterocycles. The molecule has 0 N–H and O–H groups in total. The predicted octanol–water partition coefficient (Wildman–Crippen LogP) is 2.62. The summed E-state index contributed by atoms with van der Waals surface area (Å²) in [6.45, 7) is 5.74. The molecule has 0 aromatic heterocycles. The zero-order valence-electron chi connectivity index (χ0n) is 10.0. The van der Waals surface area contributed by atoms with Crippen LogP contribution in [-0.4, -0.2) is 29.3 Å². The van der Waals surface area contributed by atoms with Crippen LogP contribution in [0.2, 0.25) is 0 Å². The lowest BCUT2D eigenvalue weighted by molar-refractivity contribution is -0.126. The summed E-state index contributed by atoms with van der Waals surface area (Å²) < 4.78 is 0. The second kappa shape index (κ2) is 4.65. The van der Waals surface area contributed by atoms with Crippen molar-refractivity contribution in [3.63, 3.8) is 0 Å². The van der Waals surface area contributed by atoms with Gasteiger partial charge in [-0.15, -0.1) is 0 Å². The molecule has 2 heteroatoms. The maximum absolute atomic E-state index is 11.9. The van der Waals surface area contributed by atoms with Crippen molar-refractivity contribution in [3.05, 3.63) is 0 Å². The van der Waals surface area contributed by atoms with Gasteiger partial charge < -0.3 is 0 Å². The van der Waals surface area contributed by atoms with Gasteiger partial charge in [-0.05, 0) is 38.1 Å². The Bertz CT molecular complexity index is 239. The molecule has 0 bridgehead atoms. The third-order valence-corrected chi connectivity index (χ3v) is 4.27. The van der Waals surface area contributed by atoms with Crippen molar-refractivity contribution in [2.45, 2.75) is 64.5 Å². The van der Waals surface area contributed by atoms with Crippen LogP contribution in [0.1, 0.15) is 52.4 Å². The number of likely N-dealkylation sites (tertiary alicyclic amines) is 1. The number of Topliss-reactive ketones (excluding diaryl/α,β-unsaturated/α-hetero) is 1. The average molecular weight is 209 g/mol.